The fourth-order valence-corrected chi connectivity index (χ4v) is 4.62. The van der Waals surface area contributed by atoms with E-state index in [4.69, 9.17) is 14.2 Å². The lowest BCUT2D eigenvalue weighted by atomic mass is 10.0. The third-order valence-electron chi connectivity index (χ3n) is 6.63. The minimum atomic E-state index is -0.987. The van der Waals surface area contributed by atoms with Crippen LogP contribution in [0.5, 0.6) is 11.5 Å². The van der Waals surface area contributed by atoms with E-state index in [1.165, 1.54) is 24.3 Å². The van der Waals surface area contributed by atoms with Gasteiger partial charge < -0.3 is 19.3 Å². The van der Waals surface area contributed by atoms with E-state index in [2.05, 4.69) is 4.90 Å². The Kier molecular flexibility index (Phi) is 9.30. The van der Waals surface area contributed by atoms with Crippen LogP contribution in [0.2, 0.25) is 0 Å². The third kappa shape index (κ3) is 7.27. The van der Waals surface area contributed by atoms with Gasteiger partial charge in [0.2, 0.25) is 0 Å². The molecule has 0 bridgehead atoms. The van der Waals surface area contributed by atoms with Gasteiger partial charge in [-0.2, -0.15) is 0 Å². The number of aliphatic hydroxyl groups excluding tert-OH is 1. The monoisotopic (exact) mass is 499 g/mol. The summed E-state index contributed by atoms with van der Waals surface area (Å²) >= 11 is 0. The summed E-state index contributed by atoms with van der Waals surface area (Å²) in [6.45, 7) is 3.25. The molecule has 2 unspecified atom stereocenters. The minimum absolute atomic E-state index is 0.0363. The SMILES string of the molecule is O=C(CCCCCC(=O)c1ccc(F)cc1)OC(CN1CCCC1)C(O)c1ccc2c(c1)OCCO2. The van der Waals surface area contributed by atoms with Gasteiger partial charge in [-0.05, 0) is 80.7 Å². The molecule has 0 spiro atoms. The van der Waals surface area contributed by atoms with Crippen LogP contribution in [0.15, 0.2) is 42.5 Å². The van der Waals surface area contributed by atoms with Gasteiger partial charge in [-0.3, -0.25) is 14.5 Å². The molecule has 0 amide bonds. The van der Waals surface area contributed by atoms with Crippen molar-refractivity contribution in [3.63, 3.8) is 0 Å². The molecular weight excluding hydrogens is 465 g/mol. The number of ketones is 1. The van der Waals surface area contributed by atoms with Crippen LogP contribution in [0.4, 0.5) is 4.39 Å². The Balaban J connectivity index is 1.27. The average molecular weight is 500 g/mol. The molecule has 2 aromatic carbocycles. The van der Waals surface area contributed by atoms with E-state index in [1.807, 2.05) is 0 Å². The topological polar surface area (TPSA) is 85.3 Å². The molecule has 2 heterocycles. The molecular formula is C28H34FNO6. The van der Waals surface area contributed by atoms with Crippen LogP contribution >= 0.6 is 0 Å². The van der Waals surface area contributed by atoms with Crippen LogP contribution in [-0.4, -0.2) is 60.7 Å². The number of benzene rings is 2. The lowest BCUT2D eigenvalue weighted by Crippen LogP contribution is -2.37. The van der Waals surface area contributed by atoms with E-state index in [0.29, 0.717) is 68.1 Å². The van der Waals surface area contributed by atoms with Gasteiger partial charge in [0.15, 0.2) is 17.3 Å². The number of hydrogen-bond acceptors (Lipinski definition) is 7. The molecule has 0 saturated carbocycles. The molecule has 4 rings (SSSR count). The summed E-state index contributed by atoms with van der Waals surface area (Å²) < 4.78 is 30.0. The Labute approximate surface area is 211 Å². The van der Waals surface area contributed by atoms with Crippen molar-refractivity contribution >= 4 is 11.8 Å². The quantitative estimate of drug-likeness (QED) is 0.262. The van der Waals surface area contributed by atoms with E-state index in [1.54, 1.807) is 18.2 Å². The minimum Gasteiger partial charge on any atom is -0.486 e. The van der Waals surface area contributed by atoms with Crippen LogP contribution in [0, 0.1) is 5.82 Å². The fraction of sp³-hybridized carbons (Fsp3) is 0.500. The van der Waals surface area contributed by atoms with Gasteiger partial charge >= 0.3 is 5.97 Å². The maximum atomic E-state index is 13.0. The lowest BCUT2D eigenvalue weighted by molar-refractivity contribution is -0.156. The summed E-state index contributed by atoms with van der Waals surface area (Å²) in [6, 6.07) is 10.8. The van der Waals surface area contributed by atoms with Gasteiger partial charge in [0.05, 0.1) is 0 Å². The number of carbonyl (C=O) groups excluding carboxylic acids is 2. The number of hydrogen-bond donors (Lipinski definition) is 1. The lowest BCUT2D eigenvalue weighted by Gasteiger charge is -2.28. The second-order valence-electron chi connectivity index (χ2n) is 9.37. The molecule has 36 heavy (non-hydrogen) atoms. The smallest absolute Gasteiger partial charge is 0.306 e. The Morgan fingerprint density at radius 1 is 0.944 bits per heavy atom. The molecule has 0 radical (unpaired) electrons. The molecule has 1 saturated heterocycles. The average Bonchev–Trinajstić information content (AvgIpc) is 3.41. The number of halogens is 1. The molecule has 2 aromatic rings. The van der Waals surface area contributed by atoms with E-state index in [-0.39, 0.29) is 24.0 Å². The van der Waals surface area contributed by atoms with Crippen molar-refractivity contribution < 1.29 is 33.3 Å². The summed E-state index contributed by atoms with van der Waals surface area (Å²) in [7, 11) is 0. The van der Waals surface area contributed by atoms with Crippen molar-refractivity contribution in [2.75, 3.05) is 32.8 Å². The zero-order valence-electron chi connectivity index (χ0n) is 20.5. The van der Waals surface area contributed by atoms with Crippen molar-refractivity contribution in [3.8, 4) is 11.5 Å². The number of aliphatic hydroxyl groups is 1. The second kappa shape index (κ2) is 12.8. The molecule has 1 N–H and O–H groups in total. The van der Waals surface area contributed by atoms with E-state index >= 15 is 0 Å². The number of Topliss-reactive ketones (excluding diaryl/α,β-unsaturated/α-hetero) is 1. The van der Waals surface area contributed by atoms with Gasteiger partial charge in [-0.25, -0.2) is 4.39 Å². The molecule has 1 fully saturated rings. The molecule has 8 heteroatoms. The van der Waals surface area contributed by atoms with Crippen LogP contribution in [0.1, 0.15) is 67.0 Å². The normalized spacial score (nSPS) is 16.9. The molecule has 0 aromatic heterocycles. The largest absolute Gasteiger partial charge is 0.486 e. The van der Waals surface area contributed by atoms with Crippen LogP contribution in [-0.2, 0) is 9.53 Å². The van der Waals surface area contributed by atoms with Gasteiger partial charge in [-0.15, -0.1) is 0 Å². The van der Waals surface area contributed by atoms with E-state index in [0.717, 1.165) is 25.9 Å². The fourth-order valence-electron chi connectivity index (χ4n) is 4.62. The predicted octanol–water partition coefficient (Wildman–Crippen LogP) is 4.47. The highest BCUT2D eigenvalue weighted by Gasteiger charge is 2.29. The first-order chi connectivity index (χ1) is 17.5. The van der Waals surface area contributed by atoms with Crippen molar-refractivity contribution in [3.05, 3.63) is 59.4 Å². The zero-order valence-corrected chi connectivity index (χ0v) is 20.5. The number of fused-ring (bicyclic) bond motifs is 1. The Morgan fingerprint density at radius 2 is 1.64 bits per heavy atom. The number of esters is 1. The number of ether oxygens (including phenoxy) is 3. The van der Waals surface area contributed by atoms with Crippen LogP contribution < -0.4 is 9.47 Å². The summed E-state index contributed by atoms with van der Waals surface area (Å²) in [6.07, 6.45) is 3.00. The van der Waals surface area contributed by atoms with Gasteiger partial charge in [-0.1, -0.05) is 12.5 Å². The van der Waals surface area contributed by atoms with Gasteiger partial charge in [0, 0.05) is 24.9 Å². The van der Waals surface area contributed by atoms with Crippen molar-refractivity contribution in [2.45, 2.75) is 57.2 Å². The number of likely N-dealkylation sites (tertiary alicyclic amines) is 1. The van der Waals surface area contributed by atoms with Crippen molar-refractivity contribution in [1.82, 2.24) is 4.90 Å². The number of rotatable bonds is 12. The Hall–Kier alpha value is -2.97. The molecule has 2 aliphatic rings. The molecule has 2 atom stereocenters. The number of unbranched alkanes of at least 4 members (excludes halogenated alkanes) is 2. The van der Waals surface area contributed by atoms with E-state index < -0.39 is 12.2 Å². The van der Waals surface area contributed by atoms with Gasteiger partial charge in [0.25, 0.3) is 0 Å². The maximum absolute atomic E-state index is 13.0. The third-order valence-corrected chi connectivity index (χ3v) is 6.63. The molecule has 7 nitrogen and oxygen atoms in total. The highest BCUT2D eigenvalue weighted by molar-refractivity contribution is 5.95. The first-order valence-corrected chi connectivity index (χ1v) is 12.8. The number of nitrogens with zero attached hydrogens (tertiary/aromatic N) is 1. The Bertz CT molecular complexity index is 1020. The highest BCUT2D eigenvalue weighted by atomic mass is 19.1. The van der Waals surface area contributed by atoms with Gasteiger partial charge in [0.1, 0.15) is 31.2 Å². The van der Waals surface area contributed by atoms with Crippen LogP contribution in [0.25, 0.3) is 0 Å². The summed E-state index contributed by atoms with van der Waals surface area (Å²) in [5, 5.41) is 11.1. The van der Waals surface area contributed by atoms with Crippen LogP contribution in [0.3, 0.4) is 0 Å². The summed E-state index contributed by atoms with van der Waals surface area (Å²) in [5.41, 5.74) is 1.12. The molecule has 0 aliphatic carbocycles. The summed E-state index contributed by atoms with van der Waals surface area (Å²) in [5.74, 6) is 0.459. The summed E-state index contributed by atoms with van der Waals surface area (Å²) in [4.78, 5) is 27.1. The highest BCUT2D eigenvalue weighted by Crippen LogP contribution is 2.34. The predicted molar refractivity (Wildman–Crippen MR) is 132 cm³/mol. The maximum Gasteiger partial charge on any atom is 0.306 e. The first-order valence-electron chi connectivity index (χ1n) is 12.8. The van der Waals surface area contributed by atoms with Crippen molar-refractivity contribution in [1.29, 1.82) is 0 Å². The first kappa shape index (κ1) is 26.1. The second-order valence-corrected chi connectivity index (χ2v) is 9.37. The molecule has 194 valence electrons. The van der Waals surface area contributed by atoms with Crippen molar-refractivity contribution in [2.24, 2.45) is 0 Å². The zero-order chi connectivity index (χ0) is 25.3. The Morgan fingerprint density at radius 3 is 2.39 bits per heavy atom. The number of carbonyl (C=O) groups is 2. The van der Waals surface area contributed by atoms with E-state index in [9.17, 15) is 19.1 Å². The molecule has 2 aliphatic heterocycles. The standard InChI is InChI=1S/C28H34FNO6/c29-22-11-8-20(9-12-22)23(31)6-2-1-3-7-27(32)36-26(19-30-14-4-5-15-30)28(33)21-10-13-24-25(18-21)35-17-16-34-24/h8-13,18,26,28,33H,1-7,14-17,19H2.